The summed E-state index contributed by atoms with van der Waals surface area (Å²) < 4.78 is 10.7. The van der Waals surface area contributed by atoms with E-state index in [-0.39, 0.29) is 41.0 Å². The Balaban J connectivity index is 1.45. The van der Waals surface area contributed by atoms with Crippen LogP contribution in [0.1, 0.15) is 47.0 Å². The highest BCUT2D eigenvalue weighted by Gasteiger charge is 2.62. The second-order valence-corrected chi connectivity index (χ2v) is 12.7. The molecule has 3 fully saturated rings. The van der Waals surface area contributed by atoms with Gasteiger partial charge in [0.2, 0.25) is 5.91 Å². The Hall–Kier alpha value is -3.19. The zero-order valence-electron chi connectivity index (χ0n) is 23.0. The SMILES string of the molecule is C=CCOC(=O)C1C(C#N)C2SC3CCC(Nc4cccc(NC(=O)OC(C)(C)C)c4)CC3C(=O)N(CC)C21. The molecule has 7 unspecified atom stereocenters. The summed E-state index contributed by atoms with van der Waals surface area (Å²) in [5, 5.41) is 16.2. The maximum absolute atomic E-state index is 13.8. The van der Waals surface area contributed by atoms with E-state index >= 15 is 0 Å². The van der Waals surface area contributed by atoms with Crippen LogP contribution in [0, 0.1) is 29.1 Å². The highest BCUT2D eigenvalue weighted by atomic mass is 32.2. The van der Waals surface area contributed by atoms with Gasteiger partial charge in [-0.25, -0.2) is 4.79 Å². The van der Waals surface area contributed by atoms with Gasteiger partial charge in [-0.15, -0.1) is 0 Å². The minimum atomic E-state index is -0.634. The van der Waals surface area contributed by atoms with Gasteiger partial charge in [0.15, 0.2) is 0 Å². The summed E-state index contributed by atoms with van der Waals surface area (Å²) in [7, 11) is 0. The van der Waals surface area contributed by atoms with Gasteiger partial charge >= 0.3 is 12.1 Å². The van der Waals surface area contributed by atoms with E-state index in [1.165, 1.54) is 6.08 Å². The molecule has 0 bridgehead atoms. The zero-order valence-corrected chi connectivity index (χ0v) is 23.8. The number of ether oxygens (including phenoxy) is 2. The molecule has 3 aliphatic rings. The largest absolute Gasteiger partial charge is 0.461 e. The molecule has 0 radical (unpaired) electrons. The zero-order chi connectivity index (χ0) is 28.3. The van der Waals surface area contributed by atoms with Crippen molar-refractivity contribution in [3.05, 3.63) is 36.9 Å². The third-order valence-corrected chi connectivity index (χ3v) is 9.31. The molecule has 1 heterocycles. The molecule has 2 aliphatic carbocycles. The minimum Gasteiger partial charge on any atom is -0.461 e. The number of nitriles is 1. The number of carbonyl (C=O) groups excluding carboxylic acids is 3. The second kappa shape index (κ2) is 11.9. The van der Waals surface area contributed by atoms with E-state index < -0.39 is 29.5 Å². The number of benzene rings is 1. The number of esters is 1. The van der Waals surface area contributed by atoms with Crippen molar-refractivity contribution in [2.75, 3.05) is 23.8 Å². The standard InChI is InChI=1S/C29H38N4O5S/c1-6-13-37-27(35)23-21(16-30)25-24(23)33(7-2)26(34)20-15-19(11-12-22(20)39-25)31-17-9-8-10-18(14-17)32-28(36)38-29(3,4)5/h6,8-10,14,19-25,31H,1,7,11-13,15H2,2-5H3,(H,32,36). The molecule has 1 aromatic rings. The number of fused-ring (bicyclic) bond motifs is 2. The van der Waals surface area contributed by atoms with Crippen molar-refractivity contribution in [1.29, 1.82) is 5.26 Å². The van der Waals surface area contributed by atoms with Crippen molar-refractivity contribution in [1.82, 2.24) is 4.90 Å². The van der Waals surface area contributed by atoms with Gasteiger partial charge < -0.3 is 19.7 Å². The number of thioether (sulfide) groups is 1. The van der Waals surface area contributed by atoms with Gasteiger partial charge in [-0.05, 0) is 65.2 Å². The molecule has 10 heteroatoms. The summed E-state index contributed by atoms with van der Waals surface area (Å²) in [6.07, 6.45) is 3.35. The van der Waals surface area contributed by atoms with Crippen molar-refractivity contribution >= 4 is 41.1 Å². The molecular weight excluding hydrogens is 516 g/mol. The van der Waals surface area contributed by atoms with Crippen LogP contribution in [0.3, 0.4) is 0 Å². The third-order valence-electron chi connectivity index (χ3n) is 7.51. The van der Waals surface area contributed by atoms with E-state index in [0.717, 1.165) is 18.5 Å². The number of rotatable bonds is 7. The van der Waals surface area contributed by atoms with Crippen LogP contribution in [0.15, 0.2) is 36.9 Å². The third kappa shape index (κ3) is 6.35. The van der Waals surface area contributed by atoms with Gasteiger partial charge in [0, 0.05) is 34.5 Å². The molecule has 0 aromatic heterocycles. The molecule has 0 spiro atoms. The van der Waals surface area contributed by atoms with E-state index in [0.29, 0.717) is 18.7 Å². The van der Waals surface area contributed by atoms with Crippen molar-refractivity contribution in [3.8, 4) is 6.07 Å². The Labute approximate surface area is 234 Å². The number of carbonyl (C=O) groups is 3. The number of nitrogens with zero attached hydrogens (tertiary/aromatic N) is 2. The predicted octanol–water partition coefficient (Wildman–Crippen LogP) is 4.81. The van der Waals surface area contributed by atoms with Crippen LogP contribution in [0.5, 0.6) is 0 Å². The van der Waals surface area contributed by atoms with Crippen LogP contribution in [0.2, 0.25) is 0 Å². The summed E-state index contributed by atoms with van der Waals surface area (Å²) in [5.74, 6) is -1.70. The minimum absolute atomic E-state index is 0.0484. The van der Waals surface area contributed by atoms with E-state index in [1.54, 1.807) is 17.8 Å². The van der Waals surface area contributed by atoms with Crippen LogP contribution in [-0.4, -0.2) is 64.2 Å². The first-order chi connectivity index (χ1) is 18.6. The smallest absolute Gasteiger partial charge is 0.412 e. The monoisotopic (exact) mass is 554 g/mol. The summed E-state index contributed by atoms with van der Waals surface area (Å²) >= 11 is 1.71. The molecule has 2 amide bonds. The van der Waals surface area contributed by atoms with Gasteiger partial charge in [-0.1, -0.05) is 18.7 Å². The maximum atomic E-state index is 13.8. The van der Waals surface area contributed by atoms with Crippen LogP contribution in [0.25, 0.3) is 0 Å². The fourth-order valence-corrected chi connectivity index (χ4v) is 7.84. The van der Waals surface area contributed by atoms with Crippen LogP contribution < -0.4 is 10.6 Å². The summed E-state index contributed by atoms with van der Waals surface area (Å²) in [6.45, 7) is 11.5. The normalized spacial score (nSPS) is 29.9. The summed E-state index contributed by atoms with van der Waals surface area (Å²) in [4.78, 5) is 40.6. The molecule has 4 rings (SSSR count). The summed E-state index contributed by atoms with van der Waals surface area (Å²) in [6, 6.07) is 9.52. The van der Waals surface area contributed by atoms with Crippen LogP contribution in [0.4, 0.5) is 16.2 Å². The van der Waals surface area contributed by atoms with Gasteiger partial charge in [0.25, 0.3) is 0 Å². The average molecular weight is 555 g/mol. The molecule has 9 nitrogen and oxygen atoms in total. The van der Waals surface area contributed by atoms with E-state index in [1.807, 2.05) is 50.8 Å². The van der Waals surface area contributed by atoms with Crippen molar-refractivity contribution < 1.29 is 23.9 Å². The lowest BCUT2D eigenvalue weighted by Crippen LogP contribution is -2.65. The first kappa shape index (κ1) is 28.8. The van der Waals surface area contributed by atoms with Crippen molar-refractivity contribution in [2.24, 2.45) is 17.8 Å². The Bertz CT molecular complexity index is 1150. The number of amides is 2. The Morgan fingerprint density at radius 1 is 1.28 bits per heavy atom. The lowest BCUT2D eigenvalue weighted by Gasteiger charge is -2.50. The number of hydrogen-bond donors (Lipinski definition) is 2. The molecule has 7 atom stereocenters. The highest BCUT2D eigenvalue weighted by Crippen LogP contribution is 2.53. The molecular formula is C29H38N4O5S. The Morgan fingerprint density at radius 3 is 2.69 bits per heavy atom. The fraction of sp³-hybridized carbons (Fsp3) is 0.586. The van der Waals surface area contributed by atoms with E-state index in [4.69, 9.17) is 9.47 Å². The topological polar surface area (TPSA) is 121 Å². The first-order valence-corrected chi connectivity index (χ1v) is 14.5. The molecule has 210 valence electrons. The highest BCUT2D eigenvalue weighted by molar-refractivity contribution is 8.00. The average Bonchev–Trinajstić information content (AvgIpc) is 2.95. The van der Waals surface area contributed by atoms with Gasteiger partial charge in [0.1, 0.15) is 12.2 Å². The number of hydrogen-bond acceptors (Lipinski definition) is 8. The number of nitrogens with one attached hydrogen (secondary N) is 2. The molecule has 39 heavy (non-hydrogen) atoms. The second-order valence-electron chi connectivity index (χ2n) is 11.3. The lowest BCUT2D eigenvalue weighted by molar-refractivity contribution is -0.160. The predicted molar refractivity (Wildman–Crippen MR) is 151 cm³/mol. The molecule has 2 saturated carbocycles. The number of anilines is 2. The van der Waals surface area contributed by atoms with E-state index in [9.17, 15) is 19.6 Å². The van der Waals surface area contributed by atoms with Gasteiger partial charge in [-0.2, -0.15) is 17.0 Å². The quantitative estimate of drug-likeness (QED) is 0.364. The molecule has 1 aromatic carbocycles. The fourth-order valence-electron chi connectivity index (χ4n) is 5.87. The Kier molecular flexibility index (Phi) is 8.80. The van der Waals surface area contributed by atoms with E-state index in [2.05, 4.69) is 23.3 Å². The maximum Gasteiger partial charge on any atom is 0.412 e. The molecule has 1 aliphatic heterocycles. The van der Waals surface area contributed by atoms with Crippen LogP contribution in [-0.2, 0) is 19.1 Å². The van der Waals surface area contributed by atoms with Crippen molar-refractivity contribution in [3.63, 3.8) is 0 Å². The van der Waals surface area contributed by atoms with Gasteiger partial charge in [-0.3, -0.25) is 14.9 Å². The summed E-state index contributed by atoms with van der Waals surface area (Å²) in [5.41, 5.74) is 0.879. The van der Waals surface area contributed by atoms with Gasteiger partial charge in [0.05, 0.1) is 29.9 Å². The first-order valence-electron chi connectivity index (χ1n) is 13.6. The van der Waals surface area contributed by atoms with Crippen LogP contribution >= 0.6 is 11.8 Å². The lowest BCUT2D eigenvalue weighted by atomic mass is 9.68. The molecule has 2 N–H and O–H groups in total. The Morgan fingerprint density at radius 2 is 2.03 bits per heavy atom. The molecule has 1 saturated heterocycles. The van der Waals surface area contributed by atoms with Crippen molar-refractivity contribution in [2.45, 2.75) is 75.1 Å².